The molecule has 0 amide bonds. The fourth-order valence-corrected chi connectivity index (χ4v) is 3.15. The molecule has 1 fully saturated rings. The Hall–Kier alpha value is -0.380. The van der Waals surface area contributed by atoms with Crippen LogP contribution in [0.2, 0.25) is 0 Å². The molecule has 2 atom stereocenters. The van der Waals surface area contributed by atoms with Crippen molar-refractivity contribution in [3.63, 3.8) is 0 Å². The summed E-state index contributed by atoms with van der Waals surface area (Å²) in [5.74, 6) is 0. The third-order valence-electron chi connectivity index (χ3n) is 3.48. The van der Waals surface area contributed by atoms with Crippen LogP contribution in [0.4, 0.5) is 0 Å². The first-order chi connectivity index (χ1) is 7.75. The van der Waals surface area contributed by atoms with Crippen molar-refractivity contribution < 1.29 is 5.11 Å². The van der Waals surface area contributed by atoms with Crippen LogP contribution in [-0.2, 0) is 6.42 Å². The Morgan fingerprint density at radius 3 is 3.12 bits per heavy atom. The second-order valence-electron chi connectivity index (χ2n) is 4.80. The Bertz CT molecular complexity index is 299. The van der Waals surface area contributed by atoms with Crippen LogP contribution in [0.25, 0.3) is 0 Å². The van der Waals surface area contributed by atoms with Crippen molar-refractivity contribution in [2.24, 2.45) is 0 Å². The molecule has 2 unspecified atom stereocenters. The first-order valence-electron chi connectivity index (χ1n) is 6.19. The molecule has 1 aliphatic rings. The second kappa shape index (κ2) is 5.80. The van der Waals surface area contributed by atoms with Crippen LogP contribution in [0.3, 0.4) is 0 Å². The Labute approximate surface area is 102 Å². The minimum atomic E-state index is -0.0666. The molecule has 1 aromatic heterocycles. The summed E-state index contributed by atoms with van der Waals surface area (Å²) in [6.45, 7) is 4.46. The number of piperidine rings is 1. The molecular weight excluding hydrogens is 218 g/mol. The molecule has 3 heteroatoms. The first kappa shape index (κ1) is 12.1. The number of aliphatic hydroxyl groups is 1. The Kier molecular flexibility index (Phi) is 4.38. The molecule has 0 spiro atoms. The minimum absolute atomic E-state index is 0.0666. The van der Waals surface area contributed by atoms with Gasteiger partial charge in [-0.1, -0.05) is 0 Å². The maximum absolute atomic E-state index is 9.55. The monoisotopic (exact) mass is 239 g/mol. The molecular formula is C13H21NOS. The van der Waals surface area contributed by atoms with E-state index < -0.39 is 0 Å². The van der Waals surface area contributed by atoms with Crippen LogP contribution in [-0.4, -0.2) is 35.2 Å². The Balaban J connectivity index is 1.69. The third-order valence-corrected chi connectivity index (χ3v) is 4.21. The standard InChI is InChI=1S/C13H21NOS/c1-11-9-13(15)4-7-14(11)6-2-3-12-5-8-16-10-12/h5,8,10-11,13,15H,2-4,6-7,9H2,1H3. The van der Waals surface area contributed by atoms with E-state index in [2.05, 4.69) is 28.7 Å². The third kappa shape index (κ3) is 3.30. The van der Waals surface area contributed by atoms with E-state index in [0.717, 1.165) is 19.4 Å². The molecule has 0 bridgehead atoms. The molecule has 2 nitrogen and oxygen atoms in total. The highest BCUT2D eigenvalue weighted by molar-refractivity contribution is 7.07. The van der Waals surface area contributed by atoms with E-state index in [1.165, 1.54) is 24.9 Å². The van der Waals surface area contributed by atoms with Gasteiger partial charge in [-0.15, -0.1) is 0 Å². The molecule has 1 aromatic rings. The fourth-order valence-electron chi connectivity index (χ4n) is 2.45. The summed E-state index contributed by atoms with van der Waals surface area (Å²) in [4.78, 5) is 2.51. The zero-order chi connectivity index (χ0) is 11.4. The number of likely N-dealkylation sites (tertiary alicyclic amines) is 1. The number of thiophene rings is 1. The van der Waals surface area contributed by atoms with E-state index in [9.17, 15) is 5.11 Å². The van der Waals surface area contributed by atoms with Crippen molar-refractivity contribution in [1.82, 2.24) is 4.90 Å². The van der Waals surface area contributed by atoms with E-state index >= 15 is 0 Å². The van der Waals surface area contributed by atoms with Crippen molar-refractivity contribution >= 4 is 11.3 Å². The van der Waals surface area contributed by atoms with E-state index in [0.29, 0.717) is 6.04 Å². The van der Waals surface area contributed by atoms with Gasteiger partial charge < -0.3 is 10.0 Å². The SMILES string of the molecule is CC1CC(O)CCN1CCCc1ccsc1. The molecule has 2 heterocycles. The number of nitrogens with zero attached hydrogens (tertiary/aromatic N) is 1. The van der Waals surface area contributed by atoms with Crippen LogP contribution in [0.5, 0.6) is 0 Å². The molecule has 0 aromatic carbocycles. The number of aryl methyl sites for hydroxylation is 1. The van der Waals surface area contributed by atoms with E-state index in [-0.39, 0.29) is 6.10 Å². The summed E-state index contributed by atoms with van der Waals surface area (Å²) in [7, 11) is 0. The topological polar surface area (TPSA) is 23.5 Å². The Morgan fingerprint density at radius 1 is 1.56 bits per heavy atom. The summed E-state index contributed by atoms with van der Waals surface area (Å²) >= 11 is 1.78. The Morgan fingerprint density at radius 2 is 2.44 bits per heavy atom. The predicted octanol–water partition coefficient (Wildman–Crippen LogP) is 2.53. The van der Waals surface area contributed by atoms with Gasteiger partial charge in [0.1, 0.15) is 0 Å². The van der Waals surface area contributed by atoms with Gasteiger partial charge in [0, 0.05) is 12.6 Å². The number of hydrogen-bond donors (Lipinski definition) is 1. The summed E-state index contributed by atoms with van der Waals surface area (Å²) in [6.07, 6.45) is 4.25. The fraction of sp³-hybridized carbons (Fsp3) is 0.692. The quantitative estimate of drug-likeness (QED) is 0.873. The van der Waals surface area contributed by atoms with Gasteiger partial charge in [-0.25, -0.2) is 0 Å². The van der Waals surface area contributed by atoms with Gasteiger partial charge in [0.2, 0.25) is 0 Å². The van der Waals surface area contributed by atoms with E-state index in [1.54, 1.807) is 11.3 Å². The highest BCUT2D eigenvalue weighted by atomic mass is 32.1. The van der Waals surface area contributed by atoms with Crippen molar-refractivity contribution in [1.29, 1.82) is 0 Å². The van der Waals surface area contributed by atoms with Crippen LogP contribution in [0, 0.1) is 0 Å². The lowest BCUT2D eigenvalue weighted by Gasteiger charge is -2.35. The molecule has 0 saturated carbocycles. The molecule has 1 aliphatic heterocycles. The van der Waals surface area contributed by atoms with Gasteiger partial charge in [-0.05, 0) is 61.5 Å². The zero-order valence-electron chi connectivity index (χ0n) is 9.93. The van der Waals surface area contributed by atoms with Crippen LogP contribution in [0.15, 0.2) is 16.8 Å². The first-order valence-corrected chi connectivity index (χ1v) is 7.13. The van der Waals surface area contributed by atoms with Crippen molar-refractivity contribution in [2.45, 2.75) is 44.8 Å². The average molecular weight is 239 g/mol. The van der Waals surface area contributed by atoms with E-state index in [4.69, 9.17) is 0 Å². The number of aliphatic hydroxyl groups excluding tert-OH is 1. The predicted molar refractivity (Wildman–Crippen MR) is 68.9 cm³/mol. The highest BCUT2D eigenvalue weighted by Crippen LogP contribution is 2.18. The van der Waals surface area contributed by atoms with Gasteiger partial charge >= 0.3 is 0 Å². The van der Waals surface area contributed by atoms with Crippen molar-refractivity contribution in [3.05, 3.63) is 22.4 Å². The lowest BCUT2D eigenvalue weighted by molar-refractivity contribution is 0.0479. The largest absolute Gasteiger partial charge is 0.393 e. The minimum Gasteiger partial charge on any atom is -0.393 e. The molecule has 2 rings (SSSR count). The van der Waals surface area contributed by atoms with Crippen LogP contribution < -0.4 is 0 Å². The van der Waals surface area contributed by atoms with Crippen molar-refractivity contribution in [3.8, 4) is 0 Å². The van der Waals surface area contributed by atoms with Gasteiger partial charge in [-0.3, -0.25) is 0 Å². The molecule has 0 radical (unpaired) electrons. The molecule has 16 heavy (non-hydrogen) atoms. The molecule has 0 aliphatic carbocycles. The summed E-state index contributed by atoms with van der Waals surface area (Å²) in [5.41, 5.74) is 1.47. The number of rotatable bonds is 4. The normalized spacial score (nSPS) is 27.1. The van der Waals surface area contributed by atoms with Gasteiger partial charge in [0.15, 0.2) is 0 Å². The maximum atomic E-state index is 9.55. The highest BCUT2D eigenvalue weighted by Gasteiger charge is 2.23. The molecule has 1 N–H and O–H groups in total. The lowest BCUT2D eigenvalue weighted by atomic mass is 10.0. The van der Waals surface area contributed by atoms with Gasteiger partial charge in [0.25, 0.3) is 0 Å². The smallest absolute Gasteiger partial charge is 0.0567 e. The summed E-state index contributed by atoms with van der Waals surface area (Å²) in [5, 5.41) is 13.9. The zero-order valence-corrected chi connectivity index (χ0v) is 10.7. The van der Waals surface area contributed by atoms with Crippen molar-refractivity contribution in [2.75, 3.05) is 13.1 Å². The molecule has 90 valence electrons. The second-order valence-corrected chi connectivity index (χ2v) is 5.58. The van der Waals surface area contributed by atoms with Gasteiger partial charge in [-0.2, -0.15) is 11.3 Å². The summed E-state index contributed by atoms with van der Waals surface area (Å²) in [6, 6.07) is 2.76. The van der Waals surface area contributed by atoms with Gasteiger partial charge in [0.05, 0.1) is 6.10 Å². The lowest BCUT2D eigenvalue weighted by Crippen LogP contribution is -2.43. The van der Waals surface area contributed by atoms with Crippen LogP contribution >= 0.6 is 11.3 Å². The summed E-state index contributed by atoms with van der Waals surface area (Å²) < 4.78 is 0. The van der Waals surface area contributed by atoms with E-state index in [1.807, 2.05) is 0 Å². The van der Waals surface area contributed by atoms with Crippen LogP contribution in [0.1, 0.15) is 31.7 Å². The maximum Gasteiger partial charge on any atom is 0.0567 e. The molecule has 1 saturated heterocycles. The number of hydrogen-bond acceptors (Lipinski definition) is 3. The average Bonchev–Trinajstić information content (AvgIpc) is 2.74.